The first-order valence-electron chi connectivity index (χ1n) is 6.06. The molecule has 0 bridgehead atoms. The minimum absolute atomic E-state index is 0.179. The number of ether oxygens (including phenoxy) is 2. The van der Waals surface area contributed by atoms with Crippen LogP contribution in [0.5, 0.6) is 0 Å². The summed E-state index contributed by atoms with van der Waals surface area (Å²) in [6, 6.07) is 8.91. The van der Waals surface area contributed by atoms with Crippen molar-refractivity contribution < 1.29 is 27.8 Å². The molecule has 1 fully saturated rings. The van der Waals surface area contributed by atoms with Gasteiger partial charge in [-0.3, -0.25) is 0 Å². The molecule has 0 spiro atoms. The van der Waals surface area contributed by atoms with Crippen LogP contribution in [0.15, 0.2) is 30.3 Å². The number of hydrogen-bond donors (Lipinski definition) is 0. The van der Waals surface area contributed by atoms with E-state index in [4.69, 9.17) is 4.74 Å². The van der Waals surface area contributed by atoms with E-state index in [9.17, 15) is 18.4 Å². The van der Waals surface area contributed by atoms with Gasteiger partial charge in [-0.2, -0.15) is 0 Å². The molecule has 0 aromatic heterocycles. The van der Waals surface area contributed by atoms with Crippen LogP contribution in [0.25, 0.3) is 0 Å². The fourth-order valence-corrected chi connectivity index (χ4v) is 4.89. The number of hydrogen-bond acceptors (Lipinski definition) is 4. The van der Waals surface area contributed by atoms with Gasteiger partial charge in [0.25, 0.3) is 0 Å². The van der Waals surface area contributed by atoms with Crippen molar-refractivity contribution in [2.24, 2.45) is 0 Å². The molecule has 1 aliphatic rings. The van der Waals surface area contributed by atoms with Crippen LogP contribution in [0.1, 0.15) is 13.3 Å². The Morgan fingerprint density at radius 3 is 2.65 bits per heavy atom. The Hall–Kier alpha value is -1.10. The van der Waals surface area contributed by atoms with Crippen LogP contribution in [-0.4, -0.2) is 51.0 Å². The van der Waals surface area contributed by atoms with Crippen LogP contribution < -0.4 is 3.27 Å². The SMILES string of the molecule is CC[C@H]1OC(=O)C(F)(F)C1O[C](=O)[BiH][c]1ccccc1. The van der Waals surface area contributed by atoms with Crippen LogP contribution in [0.4, 0.5) is 13.6 Å². The van der Waals surface area contributed by atoms with Gasteiger partial charge in [-0.05, 0) is 0 Å². The van der Waals surface area contributed by atoms with Crippen molar-refractivity contribution in [1.29, 1.82) is 0 Å². The Balaban J connectivity index is 2.04. The van der Waals surface area contributed by atoms with Crippen molar-refractivity contribution in [3.63, 3.8) is 0 Å². The molecule has 1 aromatic rings. The standard InChI is InChI=1S/C7H7F2O4.C6H5.Bi.H/c1-2-4-5(12-3-10)7(8,9)6(11)13-4;1-2-4-6-5-3-1;;/h4-5H,2H2,1H3;1-5H;;/t4-,5?;;;/m1.../s1. The first-order valence-corrected chi connectivity index (χ1v) is 9.95. The second kappa shape index (κ2) is 6.12. The van der Waals surface area contributed by atoms with Crippen LogP contribution in [0, 0.1) is 0 Å². The first-order chi connectivity index (χ1) is 9.45. The zero-order valence-corrected chi connectivity index (χ0v) is 14.5. The summed E-state index contributed by atoms with van der Waals surface area (Å²) < 4.78 is 36.9. The molecule has 0 saturated carbocycles. The Bertz CT molecular complexity index is 506. The summed E-state index contributed by atoms with van der Waals surface area (Å²) >= 11 is -2.02. The predicted molar refractivity (Wildman–Crippen MR) is 68.6 cm³/mol. The number of cyclic esters (lactones) is 1. The van der Waals surface area contributed by atoms with E-state index in [1.54, 1.807) is 31.2 Å². The summed E-state index contributed by atoms with van der Waals surface area (Å²) in [5.74, 6) is -5.37. The van der Waals surface area contributed by atoms with Gasteiger partial charge in [0.1, 0.15) is 0 Å². The monoisotopic (exact) mass is 480 g/mol. The molecule has 2 rings (SSSR count). The molecule has 1 aromatic carbocycles. The number of halogens is 2. The van der Waals surface area contributed by atoms with E-state index in [2.05, 4.69) is 4.74 Å². The zero-order chi connectivity index (χ0) is 14.8. The third-order valence-electron chi connectivity index (χ3n) is 2.88. The molecule has 0 amide bonds. The fraction of sp³-hybridized carbons (Fsp3) is 0.385. The molecule has 20 heavy (non-hydrogen) atoms. The Kier molecular flexibility index (Phi) is 4.68. The number of rotatable bonds is 4. The van der Waals surface area contributed by atoms with Crippen LogP contribution >= 0.6 is 0 Å². The van der Waals surface area contributed by atoms with Gasteiger partial charge in [-0.25, -0.2) is 0 Å². The number of carbonyl (C=O) groups is 2. The minimum atomic E-state index is -3.75. The maximum absolute atomic E-state index is 13.6. The molecule has 0 radical (unpaired) electrons. The number of esters is 1. The molecule has 1 heterocycles. The average molecular weight is 480 g/mol. The molecule has 1 unspecified atom stereocenters. The third-order valence-corrected chi connectivity index (χ3v) is 6.55. The van der Waals surface area contributed by atoms with E-state index in [0.29, 0.717) is 0 Å². The summed E-state index contributed by atoms with van der Waals surface area (Å²) in [5, 5.41) is 0. The van der Waals surface area contributed by atoms with Crippen LogP contribution in [0.3, 0.4) is 0 Å². The molecule has 1 saturated heterocycles. The zero-order valence-electron chi connectivity index (χ0n) is 10.6. The first kappa shape index (κ1) is 15.3. The van der Waals surface area contributed by atoms with Crippen molar-refractivity contribution in [1.82, 2.24) is 0 Å². The molecule has 4 nitrogen and oxygen atoms in total. The number of carbonyl (C=O) groups excluding carboxylic acids is 2. The van der Waals surface area contributed by atoms with E-state index in [1.807, 2.05) is 6.07 Å². The van der Waals surface area contributed by atoms with Crippen LogP contribution in [0.2, 0.25) is 0 Å². The third kappa shape index (κ3) is 3.14. The average Bonchev–Trinajstić information content (AvgIpc) is 2.63. The normalized spacial score (nSPS) is 24.2. The molecule has 108 valence electrons. The Morgan fingerprint density at radius 2 is 2.05 bits per heavy atom. The van der Waals surface area contributed by atoms with Crippen molar-refractivity contribution >= 4 is 36.2 Å². The summed E-state index contributed by atoms with van der Waals surface area (Å²) in [4.78, 5) is 22.9. The van der Waals surface area contributed by atoms with E-state index >= 15 is 0 Å². The van der Waals surface area contributed by atoms with Gasteiger partial charge < -0.3 is 0 Å². The van der Waals surface area contributed by atoms with Crippen molar-refractivity contribution in [2.45, 2.75) is 31.5 Å². The van der Waals surface area contributed by atoms with Gasteiger partial charge in [0, 0.05) is 0 Å². The molecule has 1 aliphatic heterocycles. The van der Waals surface area contributed by atoms with E-state index in [1.165, 1.54) is 0 Å². The van der Waals surface area contributed by atoms with Gasteiger partial charge in [-0.1, -0.05) is 0 Å². The quantitative estimate of drug-likeness (QED) is 0.481. The van der Waals surface area contributed by atoms with Gasteiger partial charge in [0.05, 0.1) is 0 Å². The van der Waals surface area contributed by atoms with Gasteiger partial charge in [-0.15, -0.1) is 0 Å². The van der Waals surface area contributed by atoms with E-state index in [0.717, 1.165) is 3.27 Å². The fourth-order valence-electron chi connectivity index (χ4n) is 1.86. The molecule has 2 atom stereocenters. The maximum atomic E-state index is 13.6. The van der Waals surface area contributed by atoms with Gasteiger partial charge in [0.15, 0.2) is 0 Å². The van der Waals surface area contributed by atoms with Crippen molar-refractivity contribution in [3.8, 4) is 0 Å². The van der Waals surface area contributed by atoms with Crippen molar-refractivity contribution in [3.05, 3.63) is 30.3 Å². The summed E-state index contributed by atoms with van der Waals surface area (Å²) in [6.45, 7) is 1.60. The molecule has 0 N–H and O–H groups in total. The van der Waals surface area contributed by atoms with E-state index in [-0.39, 0.29) is 6.42 Å². The van der Waals surface area contributed by atoms with Gasteiger partial charge in [0.2, 0.25) is 0 Å². The Labute approximate surface area is 126 Å². The van der Waals surface area contributed by atoms with Crippen molar-refractivity contribution in [2.75, 3.05) is 0 Å². The van der Waals surface area contributed by atoms with E-state index < -0.39 is 51.0 Å². The molecular formula is C13H13BiF2O4. The summed E-state index contributed by atoms with van der Waals surface area (Å²) in [5.41, 5.74) is 0. The number of alkyl halides is 2. The Morgan fingerprint density at radius 1 is 1.40 bits per heavy atom. The molecular weight excluding hydrogens is 467 g/mol. The topological polar surface area (TPSA) is 52.6 Å². The molecule has 7 heteroatoms. The van der Waals surface area contributed by atoms with Gasteiger partial charge >= 0.3 is 126 Å². The summed E-state index contributed by atoms with van der Waals surface area (Å²) in [7, 11) is 0. The predicted octanol–water partition coefficient (Wildman–Crippen LogP) is 1.22. The second-order valence-corrected chi connectivity index (χ2v) is 9.10. The number of benzene rings is 1. The molecule has 0 aliphatic carbocycles. The summed E-state index contributed by atoms with van der Waals surface area (Å²) in [6.07, 6.45) is -2.69. The second-order valence-electron chi connectivity index (χ2n) is 4.29. The van der Waals surface area contributed by atoms with Crippen LogP contribution in [-0.2, 0) is 14.3 Å².